The molecule has 64 valence electrons. The van der Waals surface area contributed by atoms with Crippen LogP contribution in [0.15, 0.2) is 18.6 Å². The Morgan fingerprint density at radius 1 is 1.58 bits per heavy atom. The van der Waals surface area contributed by atoms with Crippen LogP contribution in [0.5, 0.6) is 0 Å². The summed E-state index contributed by atoms with van der Waals surface area (Å²) in [6.07, 6.45) is 7.47. The Bertz CT molecular complexity index is 286. The molecule has 3 nitrogen and oxygen atoms in total. The van der Waals surface area contributed by atoms with E-state index >= 15 is 0 Å². The number of hydrogen-bond donors (Lipinski definition) is 0. The van der Waals surface area contributed by atoms with E-state index in [4.69, 9.17) is 0 Å². The number of aldehydes is 1. The lowest BCUT2D eigenvalue weighted by atomic mass is 10.3. The second-order valence-electron chi connectivity index (χ2n) is 2.81. The number of nitrogens with zero attached hydrogens (tertiary/aromatic N) is 2. The van der Waals surface area contributed by atoms with Gasteiger partial charge >= 0.3 is 0 Å². The molecule has 0 unspecified atom stereocenters. The van der Waals surface area contributed by atoms with Gasteiger partial charge in [-0.15, -0.1) is 0 Å². The molecular weight excluding hydrogens is 152 g/mol. The molecule has 0 spiro atoms. The second kappa shape index (κ2) is 3.85. The van der Waals surface area contributed by atoms with Gasteiger partial charge < -0.3 is 4.57 Å². The number of imidazole rings is 1. The molecule has 0 amide bonds. The first-order valence-corrected chi connectivity index (χ1v) is 3.89. The first-order chi connectivity index (χ1) is 5.75. The van der Waals surface area contributed by atoms with Gasteiger partial charge in [0.15, 0.2) is 0 Å². The monoisotopic (exact) mass is 164 g/mol. The van der Waals surface area contributed by atoms with Crippen LogP contribution in [0, 0.1) is 0 Å². The van der Waals surface area contributed by atoms with Crippen molar-refractivity contribution in [2.45, 2.75) is 19.9 Å². The SMILES string of the molecule is CC(C)n1cncc1C=CC=O. The zero-order valence-electron chi connectivity index (χ0n) is 7.27. The van der Waals surface area contributed by atoms with Crippen LogP contribution in [-0.4, -0.2) is 15.8 Å². The van der Waals surface area contributed by atoms with Crippen LogP contribution in [0.2, 0.25) is 0 Å². The molecule has 0 radical (unpaired) electrons. The number of allylic oxidation sites excluding steroid dienone is 1. The van der Waals surface area contributed by atoms with E-state index in [0.717, 1.165) is 12.0 Å². The number of hydrogen-bond acceptors (Lipinski definition) is 2. The van der Waals surface area contributed by atoms with Crippen molar-refractivity contribution in [3.05, 3.63) is 24.3 Å². The maximum absolute atomic E-state index is 10.1. The first kappa shape index (κ1) is 8.71. The van der Waals surface area contributed by atoms with Gasteiger partial charge in [-0.1, -0.05) is 0 Å². The quantitative estimate of drug-likeness (QED) is 0.503. The number of aromatic nitrogens is 2. The third kappa shape index (κ3) is 1.81. The van der Waals surface area contributed by atoms with Gasteiger partial charge in [0.1, 0.15) is 6.29 Å². The molecule has 0 fully saturated rings. The topological polar surface area (TPSA) is 34.9 Å². The van der Waals surface area contributed by atoms with Crippen molar-refractivity contribution in [3.8, 4) is 0 Å². The van der Waals surface area contributed by atoms with E-state index in [2.05, 4.69) is 18.8 Å². The van der Waals surface area contributed by atoms with E-state index < -0.39 is 0 Å². The molecule has 1 rings (SSSR count). The second-order valence-corrected chi connectivity index (χ2v) is 2.81. The summed E-state index contributed by atoms with van der Waals surface area (Å²) < 4.78 is 2.00. The average molecular weight is 164 g/mol. The predicted octanol–water partition coefficient (Wildman–Crippen LogP) is 1.68. The molecular formula is C9H12N2O. The summed E-state index contributed by atoms with van der Waals surface area (Å²) in [4.78, 5) is 14.1. The molecule has 0 aliphatic rings. The molecule has 0 aliphatic carbocycles. The summed E-state index contributed by atoms with van der Waals surface area (Å²) in [5, 5.41) is 0. The third-order valence-corrected chi connectivity index (χ3v) is 1.60. The number of carbonyl (C=O) groups is 1. The van der Waals surface area contributed by atoms with Crippen LogP contribution in [0.25, 0.3) is 6.08 Å². The maximum atomic E-state index is 10.1. The van der Waals surface area contributed by atoms with Gasteiger partial charge in [0, 0.05) is 6.04 Å². The van der Waals surface area contributed by atoms with Crippen LogP contribution in [-0.2, 0) is 4.79 Å². The van der Waals surface area contributed by atoms with Crippen LogP contribution in [0.4, 0.5) is 0 Å². The summed E-state index contributed by atoms with van der Waals surface area (Å²) in [5.41, 5.74) is 0.956. The van der Waals surface area contributed by atoms with Crippen molar-refractivity contribution in [2.75, 3.05) is 0 Å². The Hall–Kier alpha value is -1.38. The fourth-order valence-corrected chi connectivity index (χ4v) is 1.01. The van der Waals surface area contributed by atoms with Gasteiger partial charge in [0.2, 0.25) is 0 Å². The van der Waals surface area contributed by atoms with Crippen molar-refractivity contribution in [1.82, 2.24) is 9.55 Å². The predicted molar refractivity (Wildman–Crippen MR) is 47.7 cm³/mol. The molecule has 0 atom stereocenters. The minimum absolute atomic E-state index is 0.374. The van der Waals surface area contributed by atoms with Crippen molar-refractivity contribution < 1.29 is 4.79 Å². The summed E-state index contributed by atoms with van der Waals surface area (Å²) in [7, 11) is 0. The summed E-state index contributed by atoms with van der Waals surface area (Å²) in [6, 6.07) is 0.374. The van der Waals surface area contributed by atoms with Crippen molar-refractivity contribution in [3.63, 3.8) is 0 Å². The van der Waals surface area contributed by atoms with E-state index in [-0.39, 0.29) is 0 Å². The molecule has 0 saturated carbocycles. The van der Waals surface area contributed by atoms with Crippen molar-refractivity contribution in [1.29, 1.82) is 0 Å². The highest BCUT2D eigenvalue weighted by Crippen LogP contribution is 2.09. The Morgan fingerprint density at radius 2 is 2.33 bits per heavy atom. The molecule has 1 aromatic heterocycles. The largest absolute Gasteiger partial charge is 0.329 e. The highest BCUT2D eigenvalue weighted by molar-refractivity contribution is 5.72. The molecule has 0 aromatic carbocycles. The zero-order valence-corrected chi connectivity index (χ0v) is 7.27. The lowest BCUT2D eigenvalue weighted by Gasteiger charge is -2.07. The van der Waals surface area contributed by atoms with E-state index in [9.17, 15) is 4.79 Å². The Labute approximate surface area is 71.7 Å². The molecule has 0 N–H and O–H groups in total. The standard InChI is InChI=1S/C9H12N2O/c1-8(2)11-7-10-6-9(11)4-3-5-12/h3-8H,1-2H3. The summed E-state index contributed by atoms with van der Waals surface area (Å²) >= 11 is 0. The Balaban J connectivity index is 2.91. The van der Waals surface area contributed by atoms with Gasteiger partial charge in [0.05, 0.1) is 18.2 Å². The minimum atomic E-state index is 0.374. The summed E-state index contributed by atoms with van der Waals surface area (Å²) in [5.74, 6) is 0. The molecule has 0 saturated heterocycles. The Morgan fingerprint density at radius 3 is 2.92 bits per heavy atom. The number of rotatable bonds is 3. The highest BCUT2D eigenvalue weighted by Gasteiger charge is 2.00. The zero-order chi connectivity index (χ0) is 8.97. The lowest BCUT2D eigenvalue weighted by molar-refractivity contribution is -0.104. The van der Waals surface area contributed by atoms with Crippen molar-refractivity contribution >= 4 is 12.4 Å². The van der Waals surface area contributed by atoms with Crippen LogP contribution >= 0.6 is 0 Å². The van der Waals surface area contributed by atoms with Gasteiger partial charge in [0.25, 0.3) is 0 Å². The van der Waals surface area contributed by atoms with Gasteiger partial charge in [-0.25, -0.2) is 4.98 Å². The van der Waals surface area contributed by atoms with Gasteiger partial charge in [-0.2, -0.15) is 0 Å². The van der Waals surface area contributed by atoms with Crippen LogP contribution in [0.3, 0.4) is 0 Å². The third-order valence-electron chi connectivity index (χ3n) is 1.60. The fraction of sp³-hybridized carbons (Fsp3) is 0.333. The van der Waals surface area contributed by atoms with E-state index in [1.54, 1.807) is 18.6 Å². The van der Waals surface area contributed by atoms with E-state index in [1.165, 1.54) is 6.08 Å². The van der Waals surface area contributed by atoms with E-state index in [0.29, 0.717) is 6.04 Å². The smallest absolute Gasteiger partial charge is 0.142 e. The fourth-order valence-electron chi connectivity index (χ4n) is 1.01. The first-order valence-electron chi connectivity index (χ1n) is 3.89. The molecule has 1 heterocycles. The minimum Gasteiger partial charge on any atom is -0.329 e. The molecule has 1 aromatic rings. The van der Waals surface area contributed by atoms with Crippen molar-refractivity contribution in [2.24, 2.45) is 0 Å². The number of carbonyl (C=O) groups excluding carboxylic acids is 1. The van der Waals surface area contributed by atoms with Gasteiger partial charge in [-0.05, 0) is 26.0 Å². The molecule has 0 aliphatic heterocycles. The average Bonchev–Trinajstić information content (AvgIpc) is 2.48. The normalized spacial score (nSPS) is 11.2. The molecule has 12 heavy (non-hydrogen) atoms. The van der Waals surface area contributed by atoms with Gasteiger partial charge in [-0.3, -0.25) is 4.79 Å². The van der Waals surface area contributed by atoms with Crippen LogP contribution in [0.1, 0.15) is 25.6 Å². The maximum Gasteiger partial charge on any atom is 0.142 e. The van der Waals surface area contributed by atoms with E-state index in [1.807, 2.05) is 4.57 Å². The molecule has 3 heteroatoms. The Kier molecular flexibility index (Phi) is 2.80. The molecule has 0 bridgehead atoms. The lowest BCUT2D eigenvalue weighted by Crippen LogP contribution is -2.00. The summed E-state index contributed by atoms with van der Waals surface area (Å²) in [6.45, 7) is 4.14. The van der Waals surface area contributed by atoms with Crippen LogP contribution < -0.4 is 0 Å². The highest BCUT2D eigenvalue weighted by atomic mass is 16.1.